The van der Waals surface area contributed by atoms with Crippen molar-refractivity contribution in [3.63, 3.8) is 0 Å². The fraction of sp³-hybridized carbons (Fsp3) is 0.429. The molecule has 1 aromatic carbocycles. The monoisotopic (exact) mass is 349 g/mol. The van der Waals surface area contributed by atoms with Gasteiger partial charge in [-0.2, -0.15) is 0 Å². The molecule has 25 heavy (non-hydrogen) atoms. The summed E-state index contributed by atoms with van der Waals surface area (Å²) in [7, 11) is 0. The molecule has 0 spiro atoms. The first-order valence-corrected chi connectivity index (χ1v) is 10.2. The molecule has 3 aromatic rings. The Hall–Kier alpha value is -1.78. The fourth-order valence-electron chi connectivity index (χ4n) is 4.40. The molecule has 1 aliphatic carbocycles. The van der Waals surface area contributed by atoms with Crippen LogP contribution in [0.25, 0.3) is 21.3 Å². The molecule has 1 atom stereocenters. The molecule has 3 nitrogen and oxygen atoms in total. The Morgan fingerprint density at radius 3 is 2.68 bits per heavy atom. The van der Waals surface area contributed by atoms with Crippen LogP contribution in [-0.2, 0) is 0 Å². The van der Waals surface area contributed by atoms with Crippen molar-refractivity contribution in [3.05, 3.63) is 47.7 Å². The summed E-state index contributed by atoms with van der Waals surface area (Å²) in [5.41, 5.74) is 3.62. The molecule has 0 amide bonds. The lowest BCUT2D eigenvalue weighted by atomic mass is 9.79. The fourth-order valence-corrected chi connectivity index (χ4v) is 5.53. The van der Waals surface area contributed by atoms with Crippen molar-refractivity contribution >= 4 is 21.6 Å². The number of thiazole rings is 1. The van der Waals surface area contributed by atoms with Crippen molar-refractivity contribution in [2.75, 3.05) is 6.54 Å². The third-order valence-corrected chi connectivity index (χ3v) is 7.14. The van der Waals surface area contributed by atoms with Gasteiger partial charge in [-0.05, 0) is 74.5 Å². The molecule has 0 radical (unpaired) electrons. The van der Waals surface area contributed by atoms with Crippen LogP contribution in [0.5, 0.6) is 0 Å². The zero-order valence-corrected chi connectivity index (χ0v) is 15.4. The van der Waals surface area contributed by atoms with Gasteiger partial charge in [0.1, 0.15) is 0 Å². The van der Waals surface area contributed by atoms with Gasteiger partial charge in [-0.25, -0.2) is 4.98 Å². The van der Waals surface area contributed by atoms with Crippen molar-refractivity contribution in [3.8, 4) is 11.1 Å². The number of fused-ring (bicyclic) bond motifs is 1. The minimum absolute atomic E-state index is 0.666. The van der Waals surface area contributed by atoms with Crippen LogP contribution in [0.3, 0.4) is 0 Å². The molecule has 4 heteroatoms. The summed E-state index contributed by atoms with van der Waals surface area (Å²) in [6.07, 6.45) is 9.04. The Morgan fingerprint density at radius 2 is 1.92 bits per heavy atom. The van der Waals surface area contributed by atoms with E-state index in [1.54, 1.807) is 0 Å². The molecule has 1 aliphatic heterocycles. The molecule has 0 unspecified atom stereocenters. The number of aromatic nitrogens is 2. The van der Waals surface area contributed by atoms with Gasteiger partial charge in [0.25, 0.3) is 0 Å². The van der Waals surface area contributed by atoms with E-state index in [0.29, 0.717) is 5.92 Å². The van der Waals surface area contributed by atoms with Gasteiger partial charge in [-0.15, -0.1) is 11.3 Å². The standard InChI is InChI=1S/C21H23N3S/c1-14-3-2-10-24(14)18-11-17(12-18)21-23-19-5-4-16(13-20(19)25-21)15-6-8-22-9-7-15/h4-9,13-14,17-18H,2-3,10-12H2,1H3/t14-,17?,18?/m1/s1. The van der Waals surface area contributed by atoms with Crippen LogP contribution in [0.15, 0.2) is 42.7 Å². The highest BCUT2D eigenvalue weighted by atomic mass is 32.1. The van der Waals surface area contributed by atoms with Gasteiger partial charge in [-0.1, -0.05) is 6.07 Å². The Kier molecular flexibility index (Phi) is 3.83. The molecule has 0 N–H and O–H groups in total. The van der Waals surface area contributed by atoms with Gasteiger partial charge in [-0.3, -0.25) is 9.88 Å². The van der Waals surface area contributed by atoms with Crippen LogP contribution in [0.2, 0.25) is 0 Å². The van der Waals surface area contributed by atoms with E-state index >= 15 is 0 Å². The van der Waals surface area contributed by atoms with Gasteiger partial charge >= 0.3 is 0 Å². The highest BCUT2D eigenvalue weighted by molar-refractivity contribution is 7.18. The van der Waals surface area contributed by atoms with E-state index in [1.165, 1.54) is 53.1 Å². The molecular formula is C21H23N3S. The molecule has 0 bridgehead atoms. The molecule has 1 saturated heterocycles. The van der Waals surface area contributed by atoms with E-state index in [0.717, 1.165) is 17.6 Å². The maximum absolute atomic E-state index is 4.94. The predicted molar refractivity (Wildman–Crippen MR) is 104 cm³/mol. The zero-order chi connectivity index (χ0) is 16.8. The minimum atomic E-state index is 0.666. The predicted octanol–water partition coefficient (Wildman–Crippen LogP) is 5.09. The van der Waals surface area contributed by atoms with Gasteiger partial charge in [0, 0.05) is 30.4 Å². The number of pyridine rings is 1. The number of hydrogen-bond donors (Lipinski definition) is 0. The first-order valence-electron chi connectivity index (χ1n) is 9.34. The maximum Gasteiger partial charge on any atom is 0.0970 e. The number of rotatable bonds is 3. The first-order chi connectivity index (χ1) is 12.3. The van der Waals surface area contributed by atoms with Crippen LogP contribution in [-0.4, -0.2) is 33.5 Å². The molecular weight excluding hydrogens is 326 g/mol. The molecule has 2 aliphatic rings. The Bertz CT molecular complexity index is 883. The molecule has 2 aromatic heterocycles. The first kappa shape index (κ1) is 15.5. The second-order valence-electron chi connectivity index (χ2n) is 7.52. The average molecular weight is 350 g/mol. The van der Waals surface area contributed by atoms with E-state index in [2.05, 4.69) is 47.1 Å². The van der Waals surface area contributed by atoms with E-state index < -0.39 is 0 Å². The van der Waals surface area contributed by atoms with Crippen LogP contribution in [0.1, 0.15) is 43.5 Å². The van der Waals surface area contributed by atoms with Gasteiger partial charge in [0.05, 0.1) is 15.2 Å². The minimum Gasteiger partial charge on any atom is -0.298 e. The SMILES string of the molecule is C[C@@H]1CCCN1C1CC(c2nc3ccc(-c4ccncc4)cc3s2)C1. The Balaban J connectivity index is 1.35. The van der Waals surface area contributed by atoms with Crippen molar-refractivity contribution < 1.29 is 0 Å². The van der Waals surface area contributed by atoms with Crippen LogP contribution in [0, 0.1) is 0 Å². The topological polar surface area (TPSA) is 29.0 Å². The Labute approximate surface area is 152 Å². The smallest absolute Gasteiger partial charge is 0.0970 e. The zero-order valence-electron chi connectivity index (χ0n) is 14.6. The van der Waals surface area contributed by atoms with Gasteiger partial charge in [0.2, 0.25) is 0 Å². The molecule has 3 heterocycles. The maximum atomic E-state index is 4.94. The number of hydrogen-bond acceptors (Lipinski definition) is 4. The second-order valence-corrected chi connectivity index (χ2v) is 8.58. The third kappa shape index (κ3) is 2.77. The molecule has 2 fully saturated rings. The summed E-state index contributed by atoms with van der Waals surface area (Å²) in [5, 5.41) is 1.34. The summed E-state index contributed by atoms with van der Waals surface area (Å²) in [5.74, 6) is 0.666. The van der Waals surface area contributed by atoms with Crippen molar-refractivity contribution in [2.24, 2.45) is 0 Å². The van der Waals surface area contributed by atoms with E-state index in [4.69, 9.17) is 4.98 Å². The lowest BCUT2D eigenvalue weighted by molar-refractivity contribution is 0.103. The van der Waals surface area contributed by atoms with Gasteiger partial charge < -0.3 is 0 Å². The highest BCUT2D eigenvalue weighted by Crippen LogP contribution is 2.44. The summed E-state index contributed by atoms with van der Waals surface area (Å²) in [6, 6.07) is 12.3. The number of likely N-dealkylation sites (tertiary alicyclic amines) is 1. The summed E-state index contributed by atoms with van der Waals surface area (Å²) >= 11 is 1.89. The number of benzene rings is 1. The van der Waals surface area contributed by atoms with Crippen molar-refractivity contribution in [1.82, 2.24) is 14.9 Å². The lowest BCUT2D eigenvalue weighted by Gasteiger charge is -2.42. The van der Waals surface area contributed by atoms with E-state index in [-0.39, 0.29) is 0 Å². The summed E-state index contributed by atoms with van der Waals surface area (Å²) in [4.78, 5) is 11.8. The molecule has 128 valence electrons. The van der Waals surface area contributed by atoms with E-state index in [1.807, 2.05) is 23.7 Å². The normalized spacial score (nSPS) is 26.8. The lowest BCUT2D eigenvalue weighted by Crippen LogP contribution is -2.45. The van der Waals surface area contributed by atoms with Crippen LogP contribution >= 0.6 is 11.3 Å². The highest BCUT2D eigenvalue weighted by Gasteiger charge is 2.39. The molecule has 1 saturated carbocycles. The van der Waals surface area contributed by atoms with Crippen molar-refractivity contribution in [2.45, 2.75) is 50.6 Å². The van der Waals surface area contributed by atoms with Crippen LogP contribution < -0.4 is 0 Å². The quantitative estimate of drug-likeness (QED) is 0.659. The van der Waals surface area contributed by atoms with E-state index in [9.17, 15) is 0 Å². The van der Waals surface area contributed by atoms with Crippen molar-refractivity contribution in [1.29, 1.82) is 0 Å². The Morgan fingerprint density at radius 1 is 1.08 bits per heavy atom. The summed E-state index contributed by atoms with van der Waals surface area (Å²) < 4.78 is 1.31. The third-order valence-electron chi connectivity index (χ3n) is 5.95. The largest absolute Gasteiger partial charge is 0.298 e. The second kappa shape index (κ2) is 6.19. The molecule has 5 rings (SSSR count). The summed E-state index contributed by atoms with van der Waals surface area (Å²) in [6.45, 7) is 3.69. The average Bonchev–Trinajstić information content (AvgIpc) is 3.20. The number of nitrogens with zero attached hydrogens (tertiary/aromatic N) is 3. The van der Waals surface area contributed by atoms with Gasteiger partial charge in [0.15, 0.2) is 0 Å². The van der Waals surface area contributed by atoms with Crippen LogP contribution in [0.4, 0.5) is 0 Å².